The highest BCUT2D eigenvalue weighted by Crippen LogP contribution is 2.27. The Hall–Kier alpha value is -1.58. The van der Waals surface area contributed by atoms with Gasteiger partial charge in [0.05, 0.1) is 12.7 Å². The minimum absolute atomic E-state index is 0.0287. The number of hydrogen-bond acceptors (Lipinski definition) is 3. The van der Waals surface area contributed by atoms with Gasteiger partial charge in [-0.3, -0.25) is 0 Å². The van der Waals surface area contributed by atoms with Crippen LogP contribution in [0.4, 0.5) is 4.39 Å². The van der Waals surface area contributed by atoms with Crippen molar-refractivity contribution >= 4 is 5.97 Å². The SMILES string of the molecule is COc1ccc(C(=O)OC2CCCC(C)C2)c(F)c1. The van der Waals surface area contributed by atoms with E-state index in [1.165, 1.54) is 25.7 Å². The summed E-state index contributed by atoms with van der Waals surface area (Å²) in [6.07, 6.45) is 3.88. The molecule has 2 unspecified atom stereocenters. The summed E-state index contributed by atoms with van der Waals surface area (Å²) < 4.78 is 24.0. The Labute approximate surface area is 112 Å². The highest BCUT2D eigenvalue weighted by atomic mass is 19.1. The Bertz CT molecular complexity index is 459. The van der Waals surface area contributed by atoms with Gasteiger partial charge in [-0.15, -0.1) is 0 Å². The van der Waals surface area contributed by atoms with Gasteiger partial charge >= 0.3 is 5.97 Å². The second-order valence-corrected chi connectivity index (χ2v) is 5.14. The molecule has 0 bridgehead atoms. The molecule has 4 heteroatoms. The first-order chi connectivity index (χ1) is 9.10. The predicted molar refractivity (Wildman–Crippen MR) is 69.8 cm³/mol. The second kappa shape index (κ2) is 6.04. The van der Waals surface area contributed by atoms with Crippen LogP contribution in [0.5, 0.6) is 5.75 Å². The molecular formula is C15H19FO3. The summed E-state index contributed by atoms with van der Waals surface area (Å²) in [4.78, 5) is 11.9. The lowest BCUT2D eigenvalue weighted by molar-refractivity contribution is 0.0150. The molecule has 1 saturated carbocycles. The van der Waals surface area contributed by atoms with Crippen molar-refractivity contribution in [3.8, 4) is 5.75 Å². The fraction of sp³-hybridized carbons (Fsp3) is 0.533. The predicted octanol–water partition coefficient (Wildman–Crippen LogP) is 3.57. The molecule has 104 valence electrons. The Morgan fingerprint density at radius 2 is 2.16 bits per heavy atom. The molecule has 0 saturated heterocycles. The van der Waals surface area contributed by atoms with Gasteiger partial charge in [0.1, 0.15) is 17.7 Å². The lowest BCUT2D eigenvalue weighted by atomic mass is 9.89. The van der Waals surface area contributed by atoms with Gasteiger partial charge in [-0.1, -0.05) is 13.3 Å². The van der Waals surface area contributed by atoms with Crippen LogP contribution in [0.15, 0.2) is 18.2 Å². The Morgan fingerprint density at radius 1 is 1.37 bits per heavy atom. The van der Waals surface area contributed by atoms with E-state index in [0.717, 1.165) is 19.3 Å². The van der Waals surface area contributed by atoms with Crippen LogP contribution in [0.2, 0.25) is 0 Å². The summed E-state index contributed by atoms with van der Waals surface area (Å²) >= 11 is 0. The standard InChI is InChI=1S/C15H19FO3/c1-10-4-3-5-12(8-10)19-15(17)13-7-6-11(18-2)9-14(13)16/h6-7,9-10,12H,3-5,8H2,1-2H3. The number of carbonyl (C=O) groups is 1. The van der Waals surface area contributed by atoms with E-state index < -0.39 is 11.8 Å². The second-order valence-electron chi connectivity index (χ2n) is 5.14. The van der Waals surface area contributed by atoms with E-state index in [4.69, 9.17) is 9.47 Å². The van der Waals surface area contributed by atoms with Crippen LogP contribution in [0.3, 0.4) is 0 Å². The quantitative estimate of drug-likeness (QED) is 0.785. The van der Waals surface area contributed by atoms with Crippen molar-refractivity contribution in [2.75, 3.05) is 7.11 Å². The van der Waals surface area contributed by atoms with Gasteiger partial charge < -0.3 is 9.47 Å². The van der Waals surface area contributed by atoms with E-state index >= 15 is 0 Å². The molecule has 0 radical (unpaired) electrons. The number of rotatable bonds is 3. The third kappa shape index (κ3) is 3.46. The van der Waals surface area contributed by atoms with Crippen molar-refractivity contribution in [2.24, 2.45) is 5.92 Å². The molecule has 0 amide bonds. The number of ether oxygens (including phenoxy) is 2. The first-order valence-corrected chi connectivity index (χ1v) is 6.64. The third-order valence-electron chi connectivity index (χ3n) is 3.56. The number of esters is 1. The molecule has 0 aliphatic heterocycles. The van der Waals surface area contributed by atoms with Crippen LogP contribution >= 0.6 is 0 Å². The maximum absolute atomic E-state index is 13.7. The van der Waals surface area contributed by atoms with Gasteiger partial charge in [0.2, 0.25) is 0 Å². The van der Waals surface area contributed by atoms with E-state index in [1.54, 1.807) is 6.07 Å². The summed E-state index contributed by atoms with van der Waals surface area (Å²) in [5.74, 6) is -0.236. The molecular weight excluding hydrogens is 247 g/mol. The average Bonchev–Trinajstić information content (AvgIpc) is 2.38. The minimum Gasteiger partial charge on any atom is -0.497 e. The molecule has 1 fully saturated rings. The van der Waals surface area contributed by atoms with E-state index in [-0.39, 0.29) is 11.7 Å². The van der Waals surface area contributed by atoms with E-state index in [9.17, 15) is 9.18 Å². The van der Waals surface area contributed by atoms with Crippen molar-refractivity contribution in [2.45, 2.75) is 38.7 Å². The van der Waals surface area contributed by atoms with Gasteiger partial charge in [-0.25, -0.2) is 9.18 Å². The van der Waals surface area contributed by atoms with E-state index in [0.29, 0.717) is 11.7 Å². The Morgan fingerprint density at radius 3 is 2.79 bits per heavy atom. The van der Waals surface area contributed by atoms with E-state index in [1.807, 2.05) is 0 Å². The lowest BCUT2D eigenvalue weighted by Gasteiger charge is -2.26. The largest absolute Gasteiger partial charge is 0.497 e. The van der Waals surface area contributed by atoms with Crippen LogP contribution in [0.1, 0.15) is 43.0 Å². The summed E-state index contributed by atoms with van der Waals surface area (Å²) in [7, 11) is 1.45. The zero-order valence-electron chi connectivity index (χ0n) is 11.3. The summed E-state index contributed by atoms with van der Waals surface area (Å²) in [5.41, 5.74) is -0.0287. The maximum Gasteiger partial charge on any atom is 0.341 e. The first kappa shape index (κ1) is 13.8. The molecule has 1 aliphatic carbocycles. The van der Waals surface area contributed by atoms with Gasteiger partial charge in [-0.2, -0.15) is 0 Å². The number of methoxy groups -OCH3 is 1. The number of benzene rings is 1. The average molecular weight is 266 g/mol. The van der Waals surface area contributed by atoms with Crippen LogP contribution in [0.25, 0.3) is 0 Å². The zero-order valence-corrected chi connectivity index (χ0v) is 11.3. The smallest absolute Gasteiger partial charge is 0.341 e. The molecule has 0 heterocycles. The molecule has 0 spiro atoms. The molecule has 1 aliphatic rings. The normalized spacial score (nSPS) is 22.9. The fourth-order valence-corrected chi connectivity index (χ4v) is 2.49. The van der Waals surface area contributed by atoms with Crippen LogP contribution in [-0.2, 0) is 4.74 Å². The van der Waals surface area contributed by atoms with Crippen molar-refractivity contribution in [1.29, 1.82) is 0 Å². The Balaban J connectivity index is 2.03. The van der Waals surface area contributed by atoms with Crippen molar-refractivity contribution < 1.29 is 18.7 Å². The first-order valence-electron chi connectivity index (χ1n) is 6.64. The highest BCUT2D eigenvalue weighted by Gasteiger charge is 2.24. The zero-order chi connectivity index (χ0) is 13.8. The molecule has 2 rings (SSSR count). The van der Waals surface area contributed by atoms with Crippen LogP contribution in [-0.4, -0.2) is 19.2 Å². The maximum atomic E-state index is 13.7. The van der Waals surface area contributed by atoms with Crippen molar-refractivity contribution in [1.82, 2.24) is 0 Å². The molecule has 1 aromatic rings. The van der Waals surface area contributed by atoms with Crippen LogP contribution < -0.4 is 4.74 Å². The minimum atomic E-state index is -0.604. The van der Waals surface area contributed by atoms with E-state index in [2.05, 4.69) is 6.92 Å². The third-order valence-corrected chi connectivity index (χ3v) is 3.56. The van der Waals surface area contributed by atoms with Crippen LogP contribution in [0, 0.1) is 11.7 Å². The molecule has 0 aromatic heterocycles. The Kier molecular flexibility index (Phi) is 4.40. The monoisotopic (exact) mass is 266 g/mol. The molecule has 19 heavy (non-hydrogen) atoms. The fourth-order valence-electron chi connectivity index (χ4n) is 2.49. The summed E-state index contributed by atoms with van der Waals surface area (Å²) in [5, 5.41) is 0. The number of carbonyl (C=O) groups excluding carboxylic acids is 1. The summed E-state index contributed by atoms with van der Waals surface area (Å²) in [6.45, 7) is 2.15. The lowest BCUT2D eigenvalue weighted by Crippen LogP contribution is -2.25. The molecule has 0 N–H and O–H groups in total. The number of hydrogen-bond donors (Lipinski definition) is 0. The van der Waals surface area contributed by atoms with Crippen molar-refractivity contribution in [3.63, 3.8) is 0 Å². The van der Waals surface area contributed by atoms with Gasteiger partial charge in [0, 0.05) is 6.07 Å². The van der Waals surface area contributed by atoms with Gasteiger partial charge in [0.15, 0.2) is 0 Å². The highest BCUT2D eigenvalue weighted by molar-refractivity contribution is 5.90. The molecule has 1 aromatic carbocycles. The summed E-state index contributed by atoms with van der Waals surface area (Å²) in [6, 6.07) is 4.16. The van der Waals surface area contributed by atoms with Crippen molar-refractivity contribution in [3.05, 3.63) is 29.6 Å². The van der Waals surface area contributed by atoms with Gasteiger partial charge in [0.25, 0.3) is 0 Å². The molecule has 2 atom stereocenters. The number of halogens is 1. The van der Waals surface area contributed by atoms with Gasteiger partial charge in [-0.05, 0) is 37.3 Å². The topological polar surface area (TPSA) is 35.5 Å². The molecule has 3 nitrogen and oxygen atoms in total.